The van der Waals surface area contributed by atoms with E-state index in [2.05, 4.69) is 22.5 Å². The number of para-hydroxylation sites is 1. The molecule has 1 saturated carbocycles. The number of aryl methyl sites for hydroxylation is 1. The summed E-state index contributed by atoms with van der Waals surface area (Å²) in [5, 5.41) is 7.12. The molecular formula is C24H24FN3O2. The number of carbonyl (C=O) groups is 1. The van der Waals surface area contributed by atoms with Gasteiger partial charge in [0.25, 0.3) is 5.91 Å². The quantitative estimate of drug-likeness (QED) is 0.700. The maximum absolute atomic E-state index is 14.2. The summed E-state index contributed by atoms with van der Waals surface area (Å²) in [6.45, 7) is 2.09. The minimum absolute atomic E-state index is 0.133. The first-order chi connectivity index (χ1) is 14.5. The second-order valence-electron chi connectivity index (χ2n) is 7.90. The molecule has 0 saturated heterocycles. The molecule has 1 fully saturated rings. The van der Waals surface area contributed by atoms with Gasteiger partial charge < -0.3 is 5.32 Å². The average molecular weight is 405 g/mol. The summed E-state index contributed by atoms with van der Waals surface area (Å²) >= 11 is 0. The zero-order valence-electron chi connectivity index (χ0n) is 16.9. The number of aromatic nitrogens is 2. The molecule has 1 aliphatic carbocycles. The van der Waals surface area contributed by atoms with Crippen molar-refractivity contribution in [3.05, 3.63) is 93.7 Å². The van der Waals surface area contributed by atoms with Gasteiger partial charge in [0.2, 0.25) is 5.43 Å². The molecule has 6 heteroatoms. The molecule has 30 heavy (non-hydrogen) atoms. The highest BCUT2D eigenvalue weighted by Gasteiger charge is 2.36. The molecule has 0 bridgehead atoms. The number of amides is 1. The Morgan fingerprint density at radius 2 is 1.77 bits per heavy atom. The molecule has 0 unspecified atom stereocenters. The summed E-state index contributed by atoms with van der Waals surface area (Å²) in [4.78, 5) is 25.4. The van der Waals surface area contributed by atoms with Crippen LogP contribution in [0.3, 0.4) is 0 Å². The molecule has 3 aromatic rings. The van der Waals surface area contributed by atoms with Gasteiger partial charge in [-0.2, -0.15) is 5.10 Å². The Morgan fingerprint density at radius 1 is 1.10 bits per heavy atom. The number of halogens is 1. The van der Waals surface area contributed by atoms with Crippen LogP contribution in [0.5, 0.6) is 0 Å². The molecule has 0 atom stereocenters. The second-order valence-corrected chi connectivity index (χ2v) is 7.90. The van der Waals surface area contributed by atoms with E-state index in [1.54, 1.807) is 25.1 Å². The predicted molar refractivity (Wildman–Crippen MR) is 113 cm³/mol. The van der Waals surface area contributed by atoms with Gasteiger partial charge in [0, 0.05) is 23.7 Å². The van der Waals surface area contributed by atoms with Crippen molar-refractivity contribution in [3.63, 3.8) is 0 Å². The minimum atomic E-state index is -0.535. The summed E-state index contributed by atoms with van der Waals surface area (Å²) < 4.78 is 15.5. The van der Waals surface area contributed by atoms with Gasteiger partial charge in [0.05, 0.1) is 0 Å². The highest BCUT2D eigenvalue weighted by atomic mass is 19.1. The third-order valence-corrected chi connectivity index (χ3v) is 5.94. The van der Waals surface area contributed by atoms with Gasteiger partial charge in [-0.05, 0) is 37.5 Å². The van der Waals surface area contributed by atoms with Gasteiger partial charge in [-0.25, -0.2) is 9.07 Å². The molecule has 1 N–H and O–H groups in total. The lowest BCUT2D eigenvalue weighted by Crippen LogP contribution is -2.41. The Morgan fingerprint density at radius 3 is 2.47 bits per heavy atom. The minimum Gasteiger partial charge on any atom is -0.350 e. The van der Waals surface area contributed by atoms with Gasteiger partial charge in [-0.15, -0.1) is 0 Å². The highest BCUT2D eigenvalue weighted by Crippen LogP contribution is 2.40. The smallest absolute Gasteiger partial charge is 0.275 e. The van der Waals surface area contributed by atoms with Crippen LogP contribution in [0.4, 0.5) is 4.39 Å². The van der Waals surface area contributed by atoms with Crippen molar-refractivity contribution < 1.29 is 9.18 Å². The summed E-state index contributed by atoms with van der Waals surface area (Å²) in [5.74, 6) is -1.01. The monoisotopic (exact) mass is 405 g/mol. The van der Waals surface area contributed by atoms with E-state index in [0.29, 0.717) is 12.2 Å². The molecule has 2 aromatic carbocycles. The summed E-state index contributed by atoms with van der Waals surface area (Å²) in [6.07, 6.45) is 4.18. The van der Waals surface area contributed by atoms with Crippen molar-refractivity contribution in [2.75, 3.05) is 6.54 Å². The van der Waals surface area contributed by atoms with Crippen LogP contribution in [0.2, 0.25) is 0 Å². The van der Waals surface area contributed by atoms with Crippen molar-refractivity contribution in [1.29, 1.82) is 0 Å². The van der Waals surface area contributed by atoms with Crippen LogP contribution in [0, 0.1) is 12.7 Å². The summed E-state index contributed by atoms with van der Waals surface area (Å²) in [6, 6.07) is 17.6. The number of nitrogens with zero attached hydrogens (tertiary/aromatic N) is 2. The van der Waals surface area contributed by atoms with Crippen LogP contribution in [0.1, 0.15) is 47.4 Å². The zero-order chi connectivity index (χ0) is 21.1. The third kappa shape index (κ3) is 3.77. The van der Waals surface area contributed by atoms with E-state index in [0.717, 1.165) is 25.7 Å². The fourth-order valence-electron chi connectivity index (χ4n) is 4.32. The predicted octanol–water partition coefficient (Wildman–Crippen LogP) is 3.92. The normalized spacial score (nSPS) is 15.1. The maximum Gasteiger partial charge on any atom is 0.275 e. The van der Waals surface area contributed by atoms with Crippen LogP contribution in [-0.2, 0) is 5.41 Å². The standard InChI is InChI=1S/C24H24FN3O2/c1-17-15-21(29)22(27-28(17)20-12-6-5-11-19(20)25)23(30)26-16-24(13-7-8-14-24)18-9-3-2-4-10-18/h2-6,9-12,15H,7-8,13-14,16H2,1H3,(H,26,30). The van der Waals surface area contributed by atoms with E-state index >= 15 is 0 Å². The molecule has 0 radical (unpaired) electrons. The van der Waals surface area contributed by atoms with Gasteiger partial charge in [0.15, 0.2) is 5.69 Å². The summed E-state index contributed by atoms with van der Waals surface area (Å²) in [7, 11) is 0. The number of nitrogens with one attached hydrogen (secondary N) is 1. The van der Waals surface area contributed by atoms with Crippen molar-refractivity contribution in [1.82, 2.24) is 15.1 Å². The molecule has 0 spiro atoms. The van der Waals surface area contributed by atoms with Gasteiger partial charge in [-0.1, -0.05) is 55.3 Å². The zero-order valence-corrected chi connectivity index (χ0v) is 16.9. The van der Waals surface area contributed by atoms with Gasteiger partial charge in [0.1, 0.15) is 11.5 Å². The molecule has 1 heterocycles. The maximum atomic E-state index is 14.2. The molecule has 5 nitrogen and oxygen atoms in total. The molecular weight excluding hydrogens is 381 g/mol. The van der Waals surface area contributed by atoms with E-state index in [4.69, 9.17) is 0 Å². The van der Waals surface area contributed by atoms with Gasteiger partial charge >= 0.3 is 0 Å². The summed E-state index contributed by atoms with van der Waals surface area (Å²) in [5.41, 5.74) is 1.01. The van der Waals surface area contributed by atoms with Crippen LogP contribution in [0.25, 0.3) is 5.69 Å². The Hall–Kier alpha value is -3.28. The lowest BCUT2D eigenvalue weighted by atomic mass is 9.79. The number of rotatable bonds is 5. The molecule has 1 aromatic heterocycles. The van der Waals surface area contributed by atoms with Crippen LogP contribution < -0.4 is 10.7 Å². The van der Waals surface area contributed by atoms with E-state index in [1.807, 2.05) is 18.2 Å². The Labute approximate surface area is 174 Å². The van der Waals surface area contributed by atoms with E-state index in [1.165, 1.54) is 22.4 Å². The van der Waals surface area contributed by atoms with Crippen LogP contribution >= 0.6 is 0 Å². The van der Waals surface area contributed by atoms with E-state index in [9.17, 15) is 14.0 Å². The Balaban J connectivity index is 1.62. The largest absolute Gasteiger partial charge is 0.350 e. The van der Waals surface area contributed by atoms with Gasteiger partial charge in [-0.3, -0.25) is 9.59 Å². The lowest BCUT2D eigenvalue weighted by molar-refractivity contribution is 0.0935. The topological polar surface area (TPSA) is 64.0 Å². The first-order valence-corrected chi connectivity index (χ1v) is 10.2. The molecule has 4 rings (SSSR count). The van der Waals surface area contributed by atoms with E-state index in [-0.39, 0.29) is 16.8 Å². The van der Waals surface area contributed by atoms with E-state index < -0.39 is 17.2 Å². The van der Waals surface area contributed by atoms with Crippen molar-refractivity contribution >= 4 is 5.91 Å². The third-order valence-electron chi connectivity index (χ3n) is 5.94. The highest BCUT2D eigenvalue weighted by molar-refractivity contribution is 5.92. The first-order valence-electron chi connectivity index (χ1n) is 10.2. The SMILES string of the molecule is Cc1cc(=O)c(C(=O)NCC2(c3ccccc3)CCCC2)nn1-c1ccccc1F. The number of hydrogen-bond acceptors (Lipinski definition) is 3. The fraction of sp³-hybridized carbons (Fsp3) is 0.292. The lowest BCUT2D eigenvalue weighted by Gasteiger charge is -2.30. The fourth-order valence-corrected chi connectivity index (χ4v) is 4.32. The molecule has 154 valence electrons. The van der Waals surface area contributed by atoms with Crippen molar-refractivity contribution in [2.45, 2.75) is 38.0 Å². The Bertz CT molecular complexity index is 1120. The molecule has 1 amide bonds. The Kier molecular flexibility index (Phi) is 5.48. The molecule has 1 aliphatic rings. The molecule has 0 aliphatic heterocycles. The first kappa shape index (κ1) is 20.0. The van der Waals surface area contributed by atoms with Crippen molar-refractivity contribution in [2.24, 2.45) is 0 Å². The number of benzene rings is 2. The number of carbonyl (C=O) groups excluding carboxylic acids is 1. The number of hydrogen-bond donors (Lipinski definition) is 1. The second kappa shape index (κ2) is 8.22. The van der Waals surface area contributed by atoms with Crippen molar-refractivity contribution in [3.8, 4) is 5.69 Å². The van der Waals surface area contributed by atoms with Crippen LogP contribution in [0.15, 0.2) is 65.5 Å². The average Bonchev–Trinajstić information content (AvgIpc) is 3.24. The van der Waals surface area contributed by atoms with Crippen LogP contribution in [-0.4, -0.2) is 22.2 Å².